The molecule has 1 atom stereocenters. The van der Waals surface area contributed by atoms with E-state index in [1.807, 2.05) is 35.7 Å². The summed E-state index contributed by atoms with van der Waals surface area (Å²) < 4.78 is 0. The van der Waals surface area contributed by atoms with E-state index in [1.165, 1.54) is 22.7 Å². The monoisotopic (exact) mass is 357 g/mol. The summed E-state index contributed by atoms with van der Waals surface area (Å²) in [5.74, 6) is -0.529. The molecule has 3 aromatic rings. The molecule has 0 aliphatic rings. The molecule has 0 saturated heterocycles. The van der Waals surface area contributed by atoms with Crippen molar-refractivity contribution in [2.24, 2.45) is 0 Å². The minimum Gasteiger partial charge on any atom is -0.339 e. The van der Waals surface area contributed by atoms with Crippen LogP contribution in [0.2, 0.25) is 0 Å². The van der Waals surface area contributed by atoms with Crippen molar-refractivity contribution < 1.29 is 9.59 Å². The summed E-state index contributed by atoms with van der Waals surface area (Å²) in [6, 6.07) is 12.5. The Hall–Kier alpha value is -2.51. The third-order valence-electron chi connectivity index (χ3n) is 3.31. The predicted molar refractivity (Wildman–Crippen MR) is 96.5 cm³/mol. The minimum absolute atomic E-state index is 0.250. The lowest BCUT2D eigenvalue weighted by Crippen LogP contribution is -2.45. The molecule has 1 unspecified atom stereocenters. The van der Waals surface area contributed by atoms with Crippen LogP contribution in [-0.2, 0) is 11.2 Å². The van der Waals surface area contributed by atoms with Gasteiger partial charge in [-0.05, 0) is 17.0 Å². The molecular formula is C17H15N3O2S2. The molecule has 0 aliphatic carbocycles. The lowest BCUT2D eigenvalue weighted by molar-refractivity contribution is -0.118. The second kappa shape index (κ2) is 7.85. The lowest BCUT2D eigenvalue weighted by Gasteiger charge is -2.17. The SMILES string of the molecule is O=C(NC(Cc1ccccc1)C(=O)Nc1nccs1)c1cccs1. The normalized spacial score (nSPS) is 11.7. The summed E-state index contributed by atoms with van der Waals surface area (Å²) in [5.41, 5.74) is 0.975. The van der Waals surface area contributed by atoms with Crippen molar-refractivity contribution in [3.8, 4) is 0 Å². The van der Waals surface area contributed by atoms with E-state index in [4.69, 9.17) is 0 Å². The molecule has 5 nitrogen and oxygen atoms in total. The van der Waals surface area contributed by atoms with Crippen molar-refractivity contribution in [3.05, 3.63) is 69.9 Å². The number of amides is 2. The van der Waals surface area contributed by atoms with Crippen LogP contribution in [0.15, 0.2) is 59.4 Å². The van der Waals surface area contributed by atoms with Crippen molar-refractivity contribution in [2.45, 2.75) is 12.5 Å². The summed E-state index contributed by atoms with van der Waals surface area (Å²) in [5, 5.41) is 9.70. The van der Waals surface area contributed by atoms with Gasteiger partial charge >= 0.3 is 0 Å². The highest BCUT2D eigenvalue weighted by atomic mass is 32.1. The fourth-order valence-electron chi connectivity index (χ4n) is 2.17. The number of hydrogen-bond acceptors (Lipinski definition) is 5. The van der Waals surface area contributed by atoms with Gasteiger partial charge in [-0.3, -0.25) is 9.59 Å². The Morgan fingerprint density at radius 3 is 2.54 bits per heavy atom. The molecule has 2 N–H and O–H groups in total. The molecule has 0 spiro atoms. The molecule has 0 fully saturated rings. The van der Waals surface area contributed by atoms with E-state index in [0.717, 1.165) is 5.56 Å². The van der Waals surface area contributed by atoms with E-state index in [1.54, 1.807) is 23.7 Å². The van der Waals surface area contributed by atoms with Gasteiger partial charge in [-0.25, -0.2) is 4.98 Å². The van der Waals surface area contributed by atoms with E-state index in [9.17, 15) is 9.59 Å². The maximum atomic E-state index is 12.6. The average Bonchev–Trinajstić information content (AvgIpc) is 3.29. The molecule has 2 amide bonds. The zero-order valence-electron chi connectivity index (χ0n) is 12.6. The largest absolute Gasteiger partial charge is 0.339 e. The zero-order valence-corrected chi connectivity index (χ0v) is 14.3. The molecule has 0 saturated carbocycles. The quantitative estimate of drug-likeness (QED) is 0.712. The van der Waals surface area contributed by atoms with Crippen molar-refractivity contribution in [2.75, 3.05) is 5.32 Å². The summed E-state index contributed by atoms with van der Waals surface area (Å²) in [6.45, 7) is 0. The van der Waals surface area contributed by atoms with Gasteiger partial charge < -0.3 is 10.6 Å². The molecule has 3 rings (SSSR count). The first-order valence-corrected chi connectivity index (χ1v) is 9.07. The molecule has 0 aliphatic heterocycles. The van der Waals surface area contributed by atoms with Crippen LogP contribution < -0.4 is 10.6 Å². The number of nitrogens with zero attached hydrogens (tertiary/aromatic N) is 1. The molecule has 1 aromatic carbocycles. The first-order chi connectivity index (χ1) is 11.7. The molecular weight excluding hydrogens is 342 g/mol. The number of thiazole rings is 1. The zero-order chi connectivity index (χ0) is 16.8. The molecule has 7 heteroatoms. The van der Waals surface area contributed by atoms with Crippen LogP contribution in [-0.4, -0.2) is 22.8 Å². The lowest BCUT2D eigenvalue weighted by atomic mass is 10.1. The first kappa shape index (κ1) is 16.4. The van der Waals surface area contributed by atoms with Gasteiger partial charge in [0, 0.05) is 18.0 Å². The molecule has 2 heterocycles. The average molecular weight is 357 g/mol. The van der Waals surface area contributed by atoms with E-state index in [-0.39, 0.29) is 11.8 Å². The Balaban J connectivity index is 1.74. The number of carbonyl (C=O) groups excluding carboxylic acids is 2. The Bertz CT molecular complexity index is 787. The fraction of sp³-hybridized carbons (Fsp3) is 0.118. The highest BCUT2D eigenvalue weighted by Crippen LogP contribution is 2.13. The smallest absolute Gasteiger partial charge is 0.262 e. The van der Waals surface area contributed by atoms with Gasteiger partial charge in [-0.1, -0.05) is 36.4 Å². The number of aromatic nitrogens is 1. The number of anilines is 1. The Kier molecular flexibility index (Phi) is 5.35. The van der Waals surface area contributed by atoms with Gasteiger partial charge in [0.15, 0.2) is 5.13 Å². The topological polar surface area (TPSA) is 71.1 Å². The van der Waals surface area contributed by atoms with Gasteiger partial charge in [0.25, 0.3) is 5.91 Å². The Morgan fingerprint density at radius 2 is 1.88 bits per heavy atom. The molecule has 2 aromatic heterocycles. The number of carbonyl (C=O) groups is 2. The van der Waals surface area contributed by atoms with Crippen molar-refractivity contribution in [3.63, 3.8) is 0 Å². The number of rotatable bonds is 6. The van der Waals surface area contributed by atoms with Crippen molar-refractivity contribution in [1.82, 2.24) is 10.3 Å². The maximum absolute atomic E-state index is 12.6. The van der Waals surface area contributed by atoms with Crippen LogP contribution in [0.25, 0.3) is 0 Å². The summed E-state index contributed by atoms with van der Waals surface area (Å²) in [4.78, 5) is 29.5. The highest BCUT2D eigenvalue weighted by molar-refractivity contribution is 7.13. The van der Waals surface area contributed by atoms with Crippen molar-refractivity contribution in [1.29, 1.82) is 0 Å². The summed E-state index contributed by atoms with van der Waals surface area (Å²) in [7, 11) is 0. The van der Waals surface area contributed by atoms with Crippen LogP contribution >= 0.6 is 22.7 Å². The summed E-state index contributed by atoms with van der Waals surface area (Å²) >= 11 is 2.68. The van der Waals surface area contributed by atoms with Crippen LogP contribution in [0.3, 0.4) is 0 Å². The van der Waals surface area contributed by atoms with Gasteiger partial charge in [-0.2, -0.15) is 0 Å². The third kappa shape index (κ3) is 4.27. The highest BCUT2D eigenvalue weighted by Gasteiger charge is 2.23. The van der Waals surface area contributed by atoms with Gasteiger partial charge in [0.1, 0.15) is 6.04 Å². The van der Waals surface area contributed by atoms with Crippen molar-refractivity contribution >= 4 is 39.6 Å². The second-order valence-electron chi connectivity index (χ2n) is 5.02. The first-order valence-electron chi connectivity index (χ1n) is 7.31. The number of nitrogens with one attached hydrogen (secondary N) is 2. The molecule has 24 heavy (non-hydrogen) atoms. The van der Waals surface area contributed by atoms with E-state index in [2.05, 4.69) is 15.6 Å². The van der Waals surface area contributed by atoms with Crippen LogP contribution in [0.4, 0.5) is 5.13 Å². The maximum Gasteiger partial charge on any atom is 0.262 e. The van der Waals surface area contributed by atoms with Crippen LogP contribution in [0.5, 0.6) is 0 Å². The van der Waals surface area contributed by atoms with Gasteiger partial charge in [0.2, 0.25) is 5.91 Å². The Labute approximate surface area is 147 Å². The Morgan fingerprint density at radius 1 is 1.04 bits per heavy atom. The fourth-order valence-corrected chi connectivity index (χ4v) is 3.33. The van der Waals surface area contributed by atoms with Crippen LogP contribution in [0, 0.1) is 0 Å². The van der Waals surface area contributed by atoms with Gasteiger partial charge in [-0.15, -0.1) is 22.7 Å². The number of thiophene rings is 1. The molecule has 0 bridgehead atoms. The number of benzene rings is 1. The van der Waals surface area contributed by atoms with Gasteiger partial charge in [0.05, 0.1) is 4.88 Å². The number of hydrogen-bond donors (Lipinski definition) is 2. The molecule has 0 radical (unpaired) electrons. The third-order valence-corrected chi connectivity index (χ3v) is 4.87. The van der Waals surface area contributed by atoms with E-state index in [0.29, 0.717) is 16.4 Å². The van der Waals surface area contributed by atoms with E-state index >= 15 is 0 Å². The predicted octanol–water partition coefficient (Wildman–Crippen LogP) is 3.18. The van der Waals surface area contributed by atoms with Crippen LogP contribution in [0.1, 0.15) is 15.2 Å². The minimum atomic E-state index is -0.675. The van der Waals surface area contributed by atoms with E-state index < -0.39 is 6.04 Å². The second-order valence-corrected chi connectivity index (χ2v) is 6.86. The molecule has 122 valence electrons. The standard InChI is InChI=1S/C17H15N3O2S2/c21-15(20-17-18-8-10-24-17)13(11-12-5-2-1-3-6-12)19-16(22)14-7-4-9-23-14/h1-10,13H,11H2,(H,19,22)(H,18,20,21). The summed E-state index contributed by atoms with van der Waals surface area (Å²) in [6.07, 6.45) is 2.03.